The Kier molecular flexibility index (Phi) is 5.68. The third-order valence-electron chi connectivity index (χ3n) is 6.41. The number of anilines is 2. The molecule has 184 valence electrons. The highest BCUT2D eigenvalue weighted by atomic mass is 19.1. The number of nitrogen functional groups attached to an aromatic ring is 1. The van der Waals surface area contributed by atoms with E-state index >= 15 is 0 Å². The van der Waals surface area contributed by atoms with Crippen LogP contribution in [0.25, 0.3) is 22.4 Å². The third kappa shape index (κ3) is 4.01. The molecule has 0 radical (unpaired) electrons. The lowest BCUT2D eigenvalue weighted by Gasteiger charge is -2.28. The molecule has 10 nitrogen and oxygen atoms in total. The third-order valence-corrected chi connectivity index (χ3v) is 6.41. The van der Waals surface area contributed by atoms with Crippen LogP contribution >= 0.6 is 0 Å². The number of ether oxygens (including phenoxy) is 1. The molecule has 6 heterocycles. The molecule has 0 bridgehead atoms. The van der Waals surface area contributed by atoms with Gasteiger partial charge in [0.2, 0.25) is 5.95 Å². The van der Waals surface area contributed by atoms with Crippen LogP contribution in [0, 0.1) is 12.7 Å². The summed E-state index contributed by atoms with van der Waals surface area (Å²) in [5, 5.41) is 4.58. The zero-order valence-electron chi connectivity index (χ0n) is 19.9. The van der Waals surface area contributed by atoms with Gasteiger partial charge in [-0.2, -0.15) is 9.50 Å². The normalized spacial score (nSPS) is 14.9. The lowest BCUT2D eigenvalue weighted by molar-refractivity contribution is 0.124. The first-order valence-corrected chi connectivity index (χ1v) is 12.0. The van der Waals surface area contributed by atoms with Gasteiger partial charge in [0.25, 0.3) is 0 Å². The van der Waals surface area contributed by atoms with Gasteiger partial charge in [-0.1, -0.05) is 0 Å². The Morgan fingerprint density at radius 3 is 2.72 bits per heavy atom. The number of nitrogens with zero attached hydrogens (tertiary/aromatic N) is 8. The number of nitrogens with two attached hydrogens (primary N) is 1. The highest BCUT2D eigenvalue weighted by Crippen LogP contribution is 2.35. The monoisotopic (exact) mass is 487 g/mol. The lowest BCUT2D eigenvalue weighted by atomic mass is 10.1. The molecule has 0 aliphatic carbocycles. The second kappa shape index (κ2) is 9.15. The van der Waals surface area contributed by atoms with Crippen molar-refractivity contribution in [2.75, 3.05) is 36.9 Å². The van der Waals surface area contributed by atoms with Gasteiger partial charge in [-0.25, -0.2) is 14.4 Å². The first-order chi connectivity index (χ1) is 17.6. The molecule has 1 aliphatic heterocycles. The van der Waals surface area contributed by atoms with E-state index in [0.717, 1.165) is 54.2 Å². The predicted octanol–water partition coefficient (Wildman–Crippen LogP) is 3.07. The van der Waals surface area contributed by atoms with Crippen molar-refractivity contribution in [1.29, 1.82) is 0 Å². The van der Waals surface area contributed by atoms with E-state index in [2.05, 4.69) is 20.0 Å². The largest absolute Gasteiger partial charge is 0.381 e. The molecule has 0 atom stereocenters. The second-order valence-corrected chi connectivity index (χ2v) is 8.89. The Morgan fingerprint density at radius 2 is 1.92 bits per heavy atom. The molecular formula is C25H26FN9O. The Bertz CT molecular complexity index is 1550. The zero-order valence-corrected chi connectivity index (χ0v) is 19.9. The second-order valence-electron chi connectivity index (χ2n) is 8.89. The van der Waals surface area contributed by atoms with Gasteiger partial charge in [0.05, 0.1) is 17.7 Å². The summed E-state index contributed by atoms with van der Waals surface area (Å²) in [6.45, 7) is 4.98. The van der Waals surface area contributed by atoms with Crippen LogP contribution in [0.5, 0.6) is 0 Å². The Morgan fingerprint density at radius 1 is 1.08 bits per heavy atom. The standard InChI is InChI=1S/C25H26FN9O/c1-16-14-29-21-7-6-17(15-34(16)21)22-23(33-9-3-11-36-12-4-10-33)31-25(27)35-24(22)30-20(32-35)13-19-18(26)5-2-8-28-19/h2,5-8,14-15H,3-4,9-13H2,1H3,(H2,27,31). The number of rotatable bonds is 4. The van der Waals surface area contributed by atoms with E-state index in [4.69, 9.17) is 20.4 Å². The van der Waals surface area contributed by atoms with Crippen LogP contribution < -0.4 is 10.6 Å². The van der Waals surface area contributed by atoms with Crippen molar-refractivity contribution in [1.82, 2.24) is 34.0 Å². The van der Waals surface area contributed by atoms with Crippen molar-refractivity contribution in [2.24, 2.45) is 0 Å². The number of aryl methyl sites for hydroxylation is 1. The van der Waals surface area contributed by atoms with Crippen molar-refractivity contribution in [3.63, 3.8) is 0 Å². The Labute approximate surface area is 206 Å². The molecular weight excluding hydrogens is 461 g/mol. The number of aromatic nitrogens is 7. The average Bonchev–Trinajstić information content (AvgIpc) is 3.44. The summed E-state index contributed by atoms with van der Waals surface area (Å²) in [4.78, 5) is 20.5. The van der Waals surface area contributed by atoms with Gasteiger partial charge >= 0.3 is 0 Å². The summed E-state index contributed by atoms with van der Waals surface area (Å²) < 4.78 is 23.5. The smallest absolute Gasteiger partial charge is 0.225 e. The maximum Gasteiger partial charge on any atom is 0.225 e. The van der Waals surface area contributed by atoms with Crippen LogP contribution in [0.3, 0.4) is 0 Å². The molecule has 11 heteroatoms. The van der Waals surface area contributed by atoms with Crippen LogP contribution in [0.15, 0.2) is 42.9 Å². The quantitative estimate of drug-likeness (QED) is 0.412. The van der Waals surface area contributed by atoms with Gasteiger partial charge in [-0.05, 0) is 44.0 Å². The van der Waals surface area contributed by atoms with Crippen molar-refractivity contribution in [3.8, 4) is 11.1 Å². The first kappa shape index (κ1) is 22.4. The predicted molar refractivity (Wildman–Crippen MR) is 133 cm³/mol. The fourth-order valence-electron chi connectivity index (χ4n) is 4.64. The van der Waals surface area contributed by atoms with Crippen LogP contribution in [0.2, 0.25) is 0 Å². The van der Waals surface area contributed by atoms with E-state index < -0.39 is 5.82 Å². The Balaban J connectivity index is 1.55. The maximum atomic E-state index is 14.3. The molecule has 36 heavy (non-hydrogen) atoms. The molecule has 1 fully saturated rings. The first-order valence-electron chi connectivity index (χ1n) is 12.0. The number of fused-ring (bicyclic) bond motifs is 2. The summed E-state index contributed by atoms with van der Waals surface area (Å²) >= 11 is 0. The number of hydrogen-bond acceptors (Lipinski definition) is 8. The van der Waals surface area contributed by atoms with E-state index in [0.29, 0.717) is 24.7 Å². The number of pyridine rings is 2. The lowest BCUT2D eigenvalue weighted by Crippen LogP contribution is -2.31. The minimum atomic E-state index is -0.396. The van der Waals surface area contributed by atoms with Crippen LogP contribution in [-0.2, 0) is 11.2 Å². The van der Waals surface area contributed by atoms with E-state index in [1.54, 1.807) is 12.3 Å². The van der Waals surface area contributed by atoms with E-state index in [1.807, 2.05) is 35.9 Å². The molecule has 0 unspecified atom stereocenters. The molecule has 6 rings (SSSR count). The summed E-state index contributed by atoms with van der Waals surface area (Å²) in [6, 6.07) is 6.93. The van der Waals surface area contributed by atoms with Gasteiger partial charge < -0.3 is 19.8 Å². The van der Waals surface area contributed by atoms with Gasteiger partial charge in [0, 0.05) is 56.2 Å². The summed E-state index contributed by atoms with van der Waals surface area (Å²) in [6.07, 6.45) is 7.33. The van der Waals surface area contributed by atoms with Gasteiger partial charge in [-0.3, -0.25) is 4.98 Å². The van der Waals surface area contributed by atoms with Crippen molar-refractivity contribution < 1.29 is 9.13 Å². The maximum absolute atomic E-state index is 14.3. The van der Waals surface area contributed by atoms with Crippen LogP contribution in [-0.4, -0.2) is 60.3 Å². The minimum absolute atomic E-state index is 0.142. The topological polar surface area (TPSA) is 112 Å². The fourth-order valence-corrected chi connectivity index (χ4v) is 4.64. The number of imidazole rings is 1. The SMILES string of the molecule is Cc1cnc2ccc(-c3c(N4CCCOCCC4)nc(N)n4nc(Cc5ncccc5F)nc34)cn12. The molecule has 2 N–H and O–H groups in total. The summed E-state index contributed by atoms with van der Waals surface area (Å²) in [7, 11) is 0. The average molecular weight is 488 g/mol. The molecule has 0 amide bonds. The van der Waals surface area contributed by atoms with Crippen molar-refractivity contribution >= 4 is 23.1 Å². The highest BCUT2D eigenvalue weighted by molar-refractivity contribution is 5.88. The highest BCUT2D eigenvalue weighted by Gasteiger charge is 2.24. The Hall–Kier alpha value is -4.12. The minimum Gasteiger partial charge on any atom is -0.381 e. The van der Waals surface area contributed by atoms with Crippen LogP contribution in [0.4, 0.5) is 16.2 Å². The number of hydrogen-bond donors (Lipinski definition) is 1. The fraction of sp³-hybridized carbons (Fsp3) is 0.320. The van der Waals surface area contributed by atoms with E-state index in [-0.39, 0.29) is 18.1 Å². The summed E-state index contributed by atoms with van der Waals surface area (Å²) in [5.41, 5.74) is 10.9. The summed E-state index contributed by atoms with van der Waals surface area (Å²) in [5.74, 6) is 0.997. The molecule has 1 saturated heterocycles. The molecule has 0 saturated carbocycles. The molecule has 0 spiro atoms. The number of halogens is 1. The van der Waals surface area contributed by atoms with Crippen LogP contribution in [0.1, 0.15) is 30.1 Å². The van der Waals surface area contributed by atoms with E-state index in [1.165, 1.54) is 10.6 Å². The molecule has 5 aromatic rings. The van der Waals surface area contributed by atoms with Gasteiger partial charge in [0.15, 0.2) is 11.5 Å². The zero-order chi connectivity index (χ0) is 24.6. The molecule has 5 aromatic heterocycles. The van der Waals surface area contributed by atoms with Gasteiger partial charge in [-0.15, -0.1) is 5.10 Å². The van der Waals surface area contributed by atoms with E-state index in [9.17, 15) is 4.39 Å². The molecule has 1 aliphatic rings. The van der Waals surface area contributed by atoms with Crippen molar-refractivity contribution in [3.05, 3.63) is 65.9 Å². The molecule has 0 aromatic carbocycles. The van der Waals surface area contributed by atoms with Gasteiger partial charge in [0.1, 0.15) is 17.3 Å². The van der Waals surface area contributed by atoms with Crippen molar-refractivity contribution in [2.45, 2.75) is 26.2 Å².